The van der Waals surface area contributed by atoms with E-state index >= 15 is 0 Å². The number of rotatable bonds is 1. The highest BCUT2D eigenvalue weighted by molar-refractivity contribution is 5.73. The SMILES string of the molecule is [C-]#[N+]c1nc(C(F)(F)F)ccc1-c1ccccn1. The predicted octanol–water partition coefficient (Wildman–Crippen LogP) is 3.71. The highest BCUT2D eigenvalue weighted by atomic mass is 19.4. The quantitative estimate of drug-likeness (QED) is 0.721. The second-order valence-corrected chi connectivity index (χ2v) is 3.39. The third kappa shape index (κ3) is 2.30. The van der Waals surface area contributed by atoms with E-state index < -0.39 is 11.9 Å². The van der Waals surface area contributed by atoms with Crippen molar-refractivity contribution in [3.8, 4) is 11.3 Å². The molecule has 0 aliphatic rings. The lowest BCUT2D eigenvalue weighted by molar-refractivity contribution is -0.141. The van der Waals surface area contributed by atoms with E-state index in [4.69, 9.17) is 6.57 Å². The average molecular weight is 249 g/mol. The number of nitrogens with zero attached hydrogens (tertiary/aromatic N) is 3. The predicted molar refractivity (Wildman–Crippen MR) is 58.7 cm³/mol. The normalized spacial score (nSPS) is 11.0. The summed E-state index contributed by atoms with van der Waals surface area (Å²) in [5, 5.41) is 0. The van der Waals surface area contributed by atoms with Gasteiger partial charge in [-0.2, -0.15) is 13.2 Å². The Morgan fingerprint density at radius 2 is 1.89 bits per heavy atom. The third-order valence-corrected chi connectivity index (χ3v) is 2.21. The molecular weight excluding hydrogens is 243 g/mol. The van der Waals surface area contributed by atoms with Gasteiger partial charge in [0.05, 0.1) is 5.69 Å². The number of alkyl halides is 3. The Labute approximate surface area is 101 Å². The van der Waals surface area contributed by atoms with Crippen LogP contribution in [0.2, 0.25) is 0 Å². The van der Waals surface area contributed by atoms with E-state index in [1.807, 2.05) is 0 Å². The summed E-state index contributed by atoms with van der Waals surface area (Å²) in [5.41, 5.74) is -0.364. The molecule has 2 rings (SSSR count). The number of hydrogen-bond acceptors (Lipinski definition) is 2. The molecular formula is C12H6F3N3. The molecule has 0 saturated carbocycles. The molecule has 90 valence electrons. The van der Waals surface area contributed by atoms with Crippen LogP contribution in [0.5, 0.6) is 0 Å². The highest BCUT2D eigenvalue weighted by Gasteiger charge is 2.36. The van der Waals surface area contributed by atoms with Crippen molar-refractivity contribution in [2.75, 3.05) is 0 Å². The van der Waals surface area contributed by atoms with Gasteiger partial charge in [0.2, 0.25) is 5.69 Å². The molecule has 0 aromatic carbocycles. The largest absolute Gasteiger partial charge is 0.456 e. The monoisotopic (exact) mass is 249 g/mol. The standard InChI is InChI=1S/C12H6F3N3/c1-16-11-8(9-4-2-3-7-17-9)5-6-10(18-11)12(13,14)15/h2-7H. The zero-order valence-electron chi connectivity index (χ0n) is 8.94. The lowest BCUT2D eigenvalue weighted by Crippen LogP contribution is -2.07. The fraction of sp³-hybridized carbons (Fsp3) is 0.0833. The minimum atomic E-state index is -4.55. The molecule has 0 spiro atoms. The van der Waals surface area contributed by atoms with Crippen molar-refractivity contribution in [3.05, 3.63) is 53.6 Å². The number of pyridine rings is 2. The van der Waals surface area contributed by atoms with Gasteiger partial charge in [-0.3, -0.25) is 4.98 Å². The van der Waals surface area contributed by atoms with Gasteiger partial charge in [0.1, 0.15) is 0 Å². The molecule has 0 fully saturated rings. The van der Waals surface area contributed by atoms with E-state index in [2.05, 4.69) is 14.8 Å². The summed E-state index contributed by atoms with van der Waals surface area (Å²) >= 11 is 0. The smallest absolute Gasteiger partial charge is 0.360 e. The van der Waals surface area contributed by atoms with Crippen LogP contribution in [0.1, 0.15) is 5.69 Å². The van der Waals surface area contributed by atoms with Gasteiger partial charge >= 0.3 is 6.18 Å². The van der Waals surface area contributed by atoms with Gasteiger partial charge in [-0.25, -0.2) is 0 Å². The maximum atomic E-state index is 12.5. The van der Waals surface area contributed by atoms with E-state index in [-0.39, 0.29) is 5.82 Å². The van der Waals surface area contributed by atoms with Gasteiger partial charge in [0.15, 0.2) is 0 Å². The number of hydrogen-bond donors (Lipinski definition) is 0. The third-order valence-electron chi connectivity index (χ3n) is 2.21. The molecule has 3 nitrogen and oxygen atoms in total. The van der Waals surface area contributed by atoms with Gasteiger partial charge in [-0.15, -0.1) is 4.98 Å². The van der Waals surface area contributed by atoms with Crippen LogP contribution in [0.3, 0.4) is 0 Å². The van der Waals surface area contributed by atoms with Crippen molar-refractivity contribution in [1.82, 2.24) is 9.97 Å². The number of halogens is 3. The molecule has 0 atom stereocenters. The Morgan fingerprint density at radius 3 is 2.44 bits per heavy atom. The molecule has 0 aliphatic carbocycles. The molecule has 6 heteroatoms. The minimum Gasteiger partial charge on any atom is -0.360 e. The maximum Gasteiger partial charge on any atom is 0.456 e. The van der Waals surface area contributed by atoms with Crippen LogP contribution < -0.4 is 0 Å². The van der Waals surface area contributed by atoms with Crippen molar-refractivity contribution in [1.29, 1.82) is 0 Å². The van der Waals surface area contributed by atoms with Crippen LogP contribution >= 0.6 is 0 Å². The Morgan fingerprint density at radius 1 is 1.11 bits per heavy atom. The van der Waals surface area contributed by atoms with Gasteiger partial charge in [-0.05, 0) is 18.2 Å². The second-order valence-electron chi connectivity index (χ2n) is 3.39. The summed E-state index contributed by atoms with van der Waals surface area (Å²) in [4.78, 5) is 10.3. The topological polar surface area (TPSA) is 30.1 Å². The summed E-state index contributed by atoms with van der Waals surface area (Å²) < 4.78 is 37.4. The van der Waals surface area contributed by atoms with Crippen LogP contribution in [0.4, 0.5) is 19.0 Å². The summed E-state index contributed by atoms with van der Waals surface area (Å²) in [6, 6.07) is 7.04. The van der Waals surface area contributed by atoms with E-state index in [1.165, 1.54) is 12.3 Å². The molecule has 0 bridgehead atoms. The van der Waals surface area contributed by atoms with Crippen LogP contribution in [-0.4, -0.2) is 9.97 Å². The molecule has 18 heavy (non-hydrogen) atoms. The zero-order valence-corrected chi connectivity index (χ0v) is 8.94. The molecule has 0 unspecified atom stereocenters. The van der Waals surface area contributed by atoms with Crippen LogP contribution in [0.15, 0.2) is 36.5 Å². The molecule has 2 aromatic rings. The van der Waals surface area contributed by atoms with Gasteiger partial charge in [0.25, 0.3) is 5.82 Å². The summed E-state index contributed by atoms with van der Waals surface area (Å²) in [6.45, 7) is 6.90. The first-order valence-electron chi connectivity index (χ1n) is 4.89. The molecule has 0 saturated heterocycles. The molecule has 2 aromatic heterocycles. The summed E-state index contributed by atoms with van der Waals surface area (Å²) in [6.07, 6.45) is -3.05. The number of aromatic nitrogens is 2. The van der Waals surface area contributed by atoms with Gasteiger partial charge in [-0.1, -0.05) is 18.7 Å². The van der Waals surface area contributed by atoms with Crippen LogP contribution in [0, 0.1) is 6.57 Å². The second kappa shape index (κ2) is 4.45. The molecule has 2 heterocycles. The lowest BCUT2D eigenvalue weighted by Gasteiger charge is -2.06. The van der Waals surface area contributed by atoms with E-state index in [9.17, 15) is 13.2 Å². The van der Waals surface area contributed by atoms with Crippen LogP contribution in [0.25, 0.3) is 16.1 Å². The first-order valence-corrected chi connectivity index (χ1v) is 4.89. The average Bonchev–Trinajstić information content (AvgIpc) is 2.38. The van der Waals surface area contributed by atoms with Crippen molar-refractivity contribution < 1.29 is 13.2 Å². The molecule has 0 N–H and O–H groups in total. The van der Waals surface area contributed by atoms with Crippen LogP contribution in [-0.2, 0) is 6.18 Å². The lowest BCUT2D eigenvalue weighted by atomic mass is 10.1. The summed E-state index contributed by atoms with van der Waals surface area (Å²) in [5.74, 6) is -0.302. The van der Waals surface area contributed by atoms with Crippen molar-refractivity contribution in [3.63, 3.8) is 0 Å². The molecule has 0 aliphatic heterocycles. The van der Waals surface area contributed by atoms with E-state index in [0.717, 1.165) is 6.07 Å². The fourth-order valence-electron chi connectivity index (χ4n) is 1.41. The Kier molecular flexibility index (Phi) is 2.98. The van der Waals surface area contributed by atoms with E-state index in [0.29, 0.717) is 11.3 Å². The van der Waals surface area contributed by atoms with Crippen molar-refractivity contribution in [2.45, 2.75) is 6.18 Å². The fourth-order valence-corrected chi connectivity index (χ4v) is 1.41. The Bertz CT molecular complexity index is 600. The van der Waals surface area contributed by atoms with Gasteiger partial charge < -0.3 is 4.85 Å². The Hall–Kier alpha value is -2.42. The minimum absolute atomic E-state index is 0.290. The van der Waals surface area contributed by atoms with Gasteiger partial charge in [0, 0.05) is 11.8 Å². The first kappa shape index (κ1) is 12.0. The highest BCUT2D eigenvalue weighted by Crippen LogP contribution is 2.33. The van der Waals surface area contributed by atoms with Crippen molar-refractivity contribution in [2.24, 2.45) is 0 Å². The first-order chi connectivity index (χ1) is 8.52. The van der Waals surface area contributed by atoms with Crippen molar-refractivity contribution >= 4 is 5.82 Å². The van der Waals surface area contributed by atoms with E-state index in [1.54, 1.807) is 18.2 Å². The zero-order chi connectivity index (χ0) is 13.2. The molecule has 0 radical (unpaired) electrons. The summed E-state index contributed by atoms with van der Waals surface area (Å²) in [7, 11) is 0. The molecule has 0 amide bonds. The maximum absolute atomic E-state index is 12.5. The Balaban J connectivity index is 2.56.